The number of urea groups is 1. The average Bonchev–Trinajstić information content (AvgIpc) is 2.83. The fraction of sp³-hybridized carbons (Fsp3) is 0.429. The summed E-state index contributed by atoms with van der Waals surface area (Å²) in [6.07, 6.45) is 1.88. The number of aromatic carboxylic acids is 1. The van der Waals surface area contributed by atoms with E-state index in [1.807, 2.05) is 6.92 Å². The number of carboxylic acids is 1. The van der Waals surface area contributed by atoms with Crippen molar-refractivity contribution >= 4 is 29.3 Å². The first-order chi connectivity index (χ1) is 9.88. The largest absolute Gasteiger partial charge is 0.478 e. The van der Waals surface area contributed by atoms with Gasteiger partial charge in [0.25, 0.3) is 0 Å². The Morgan fingerprint density at radius 1 is 1.43 bits per heavy atom. The minimum absolute atomic E-state index is 0.0175. The molecule has 1 heterocycles. The third kappa shape index (κ3) is 4.34. The highest BCUT2D eigenvalue weighted by Gasteiger charge is 2.30. The second-order valence-electron chi connectivity index (χ2n) is 5.24. The Labute approximate surface area is 127 Å². The molecule has 1 fully saturated rings. The molecule has 2 rings (SSSR count). The van der Waals surface area contributed by atoms with Gasteiger partial charge in [0.05, 0.1) is 11.2 Å². The number of nitrogens with one attached hydrogen (secondary N) is 2. The zero-order valence-corrected chi connectivity index (χ0v) is 12.4. The third-order valence-electron chi connectivity index (χ3n) is 3.33. The molecule has 1 aromatic carbocycles. The van der Waals surface area contributed by atoms with Crippen molar-refractivity contribution in [2.45, 2.75) is 25.4 Å². The number of amides is 2. The highest BCUT2D eigenvalue weighted by molar-refractivity contribution is 6.31. The van der Waals surface area contributed by atoms with E-state index in [0.717, 1.165) is 12.8 Å². The van der Waals surface area contributed by atoms with Gasteiger partial charge in [0, 0.05) is 23.9 Å². The van der Waals surface area contributed by atoms with Crippen molar-refractivity contribution in [3.63, 3.8) is 0 Å². The predicted octanol–water partition coefficient (Wildman–Crippen LogP) is 2.73. The van der Waals surface area contributed by atoms with Crippen LogP contribution in [0.1, 0.15) is 30.1 Å². The Balaban J connectivity index is 1.94. The van der Waals surface area contributed by atoms with E-state index in [2.05, 4.69) is 10.6 Å². The SMILES string of the molecule is CC1(CNC(=O)Nc2cc(Cl)cc(C(=O)O)c2)CCCO1. The second-order valence-corrected chi connectivity index (χ2v) is 5.68. The molecule has 0 bridgehead atoms. The molecule has 6 nitrogen and oxygen atoms in total. The molecular weight excluding hydrogens is 296 g/mol. The zero-order valence-electron chi connectivity index (χ0n) is 11.6. The maximum atomic E-state index is 11.8. The molecule has 0 spiro atoms. The Kier molecular flexibility index (Phi) is 4.69. The molecule has 0 aliphatic carbocycles. The summed E-state index contributed by atoms with van der Waals surface area (Å²) in [6.45, 7) is 3.05. The highest BCUT2D eigenvalue weighted by Crippen LogP contribution is 2.24. The van der Waals surface area contributed by atoms with E-state index >= 15 is 0 Å². The third-order valence-corrected chi connectivity index (χ3v) is 3.54. The Hall–Kier alpha value is -1.79. The standard InChI is InChI=1S/C14H17ClN2O4/c1-14(3-2-4-21-14)8-16-13(20)17-11-6-9(12(18)19)5-10(15)7-11/h5-7H,2-4,8H2,1H3,(H,18,19)(H2,16,17,20). The van der Waals surface area contributed by atoms with Crippen LogP contribution in [-0.4, -0.2) is 35.9 Å². The number of carbonyl (C=O) groups is 2. The molecule has 0 aromatic heterocycles. The molecule has 3 N–H and O–H groups in total. The number of carboxylic acid groups (broad SMARTS) is 1. The summed E-state index contributed by atoms with van der Waals surface area (Å²) in [5.74, 6) is -1.10. The molecule has 0 saturated carbocycles. The summed E-state index contributed by atoms with van der Waals surface area (Å²) < 4.78 is 5.57. The van der Waals surface area contributed by atoms with Gasteiger partial charge in [-0.1, -0.05) is 11.6 Å². The van der Waals surface area contributed by atoms with E-state index in [4.69, 9.17) is 21.4 Å². The van der Waals surface area contributed by atoms with Gasteiger partial charge in [0.1, 0.15) is 0 Å². The molecule has 1 aliphatic heterocycles. The van der Waals surface area contributed by atoms with Crippen molar-refractivity contribution in [2.75, 3.05) is 18.5 Å². The van der Waals surface area contributed by atoms with Gasteiger partial charge in [-0.15, -0.1) is 0 Å². The van der Waals surface area contributed by atoms with E-state index in [-0.39, 0.29) is 16.2 Å². The Morgan fingerprint density at radius 2 is 2.19 bits per heavy atom. The fourth-order valence-electron chi connectivity index (χ4n) is 2.20. The van der Waals surface area contributed by atoms with Gasteiger partial charge in [-0.25, -0.2) is 9.59 Å². The lowest BCUT2D eigenvalue weighted by molar-refractivity contribution is 0.0232. The summed E-state index contributed by atoms with van der Waals surface area (Å²) in [5, 5.41) is 14.5. The van der Waals surface area contributed by atoms with Gasteiger partial charge in [-0.2, -0.15) is 0 Å². The second kappa shape index (κ2) is 6.32. The van der Waals surface area contributed by atoms with Gasteiger partial charge < -0.3 is 20.5 Å². The Morgan fingerprint density at radius 3 is 2.81 bits per heavy atom. The number of hydrogen-bond donors (Lipinski definition) is 3. The zero-order chi connectivity index (χ0) is 15.5. The van der Waals surface area contributed by atoms with Crippen LogP contribution in [0.3, 0.4) is 0 Å². The van der Waals surface area contributed by atoms with Crippen LogP contribution in [0.2, 0.25) is 5.02 Å². The van der Waals surface area contributed by atoms with E-state index in [0.29, 0.717) is 18.8 Å². The summed E-state index contributed by atoms with van der Waals surface area (Å²) in [7, 11) is 0. The van der Waals surface area contributed by atoms with Crippen LogP contribution in [0, 0.1) is 0 Å². The number of halogens is 1. The lowest BCUT2D eigenvalue weighted by Crippen LogP contribution is -2.41. The van der Waals surface area contributed by atoms with E-state index < -0.39 is 12.0 Å². The minimum atomic E-state index is -1.10. The van der Waals surface area contributed by atoms with Gasteiger partial charge in [-0.05, 0) is 38.0 Å². The fourth-order valence-corrected chi connectivity index (χ4v) is 2.44. The topological polar surface area (TPSA) is 87.7 Å². The molecule has 1 atom stereocenters. The molecule has 1 saturated heterocycles. The van der Waals surface area contributed by atoms with Crippen LogP contribution in [0.5, 0.6) is 0 Å². The number of hydrogen-bond acceptors (Lipinski definition) is 3. The quantitative estimate of drug-likeness (QED) is 0.797. The average molecular weight is 313 g/mol. The number of benzene rings is 1. The maximum absolute atomic E-state index is 11.8. The number of carbonyl (C=O) groups excluding carboxylic acids is 1. The molecule has 1 unspecified atom stereocenters. The van der Waals surface area contributed by atoms with Crippen molar-refractivity contribution < 1.29 is 19.4 Å². The van der Waals surface area contributed by atoms with Crippen molar-refractivity contribution in [3.05, 3.63) is 28.8 Å². The first-order valence-corrected chi connectivity index (χ1v) is 6.98. The summed E-state index contributed by atoms with van der Waals surface area (Å²) in [6, 6.07) is 3.73. The number of anilines is 1. The smallest absolute Gasteiger partial charge is 0.335 e. The van der Waals surface area contributed by atoms with Gasteiger partial charge >= 0.3 is 12.0 Å². The molecule has 0 radical (unpaired) electrons. The molecule has 21 heavy (non-hydrogen) atoms. The van der Waals surface area contributed by atoms with Crippen LogP contribution in [0.25, 0.3) is 0 Å². The maximum Gasteiger partial charge on any atom is 0.335 e. The van der Waals surface area contributed by atoms with Crippen molar-refractivity contribution in [2.24, 2.45) is 0 Å². The van der Waals surface area contributed by atoms with Crippen molar-refractivity contribution in [1.29, 1.82) is 0 Å². The number of ether oxygens (including phenoxy) is 1. The van der Waals surface area contributed by atoms with Crippen molar-refractivity contribution in [1.82, 2.24) is 5.32 Å². The summed E-state index contributed by atoms with van der Waals surface area (Å²) in [5.41, 5.74) is 0.0107. The van der Waals surface area contributed by atoms with Gasteiger partial charge in [0.15, 0.2) is 0 Å². The van der Waals surface area contributed by atoms with Gasteiger partial charge in [-0.3, -0.25) is 0 Å². The van der Waals surface area contributed by atoms with Crippen LogP contribution in [0.15, 0.2) is 18.2 Å². The molecular formula is C14H17ClN2O4. The molecule has 2 amide bonds. The minimum Gasteiger partial charge on any atom is -0.478 e. The first-order valence-electron chi connectivity index (χ1n) is 6.61. The van der Waals surface area contributed by atoms with Crippen LogP contribution >= 0.6 is 11.6 Å². The summed E-state index contributed by atoms with van der Waals surface area (Å²) >= 11 is 5.83. The monoisotopic (exact) mass is 312 g/mol. The van der Waals surface area contributed by atoms with Crippen LogP contribution < -0.4 is 10.6 Å². The van der Waals surface area contributed by atoms with E-state index in [1.165, 1.54) is 18.2 Å². The van der Waals surface area contributed by atoms with E-state index in [9.17, 15) is 9.59 Å². The van der Waals surface area contributed by atoms with Crippen LogP contribution in [0.4, 0.5) is 10.5 Å². The molecule has 1 aromatic rings. The number of rotatable bonds is 4. The molecule has 7 heteroatoms. The Bertz CT molecular complexity index is 556. The predicted molar refractivity (Wildman–Crippen MR) is 79.0 cm³/mol. The molecule has 114 valence electrons. The van der Waals surface area contributed by atoms with Gasteiger partial charge in [0.2, 0.25) is 0 Å². The first kappa shape index (κ1) is 15.6. The van der Waals surface area contributed by atoms with Crippen LogP contribution in [-0.2, 0) is 4.74 Å². The summed E-state index contributed by atoms with van der Waals surface area (Å²) in [4.78, 5) is 22.8. The van der Waals surface area contributed by atoms with E-state index in [1.54, 1.807) is 0 Å². The molecule has 1 aliphatic rings. The highest BCUT2D eigenvalue weighted by atomic mass is 35.5. The lowest BCUT2D eigenvalue weighted by atomic mass is 10.0. The lowest BCUT2D eigenvalue weighted by Gasteiger charge is -2.23. The normalized spacial score (nSPS) is 21.0. The van der Waals surface area contributed by atoms with Crippen molar-refractivity contribution in [3.8, 4) is 0 Å².